The minimum absolute atomic E-state index is 0.0959. The van der Waals surface area contributed by atoms with E-state index in [0.29, 0.717) is 17.0 Å². The average molecular weight is 374 g/mol. The van der Waals surface area contributed by atoms with Crippen LogP contribution >= 0.6 is 0 Å². The summed E-state index contributed by atoms with van der Waals surface area (Å²) in [6.45, 7) is 6.18. The van der Waals surface area contributed by atoms with Gasteiger partial charge in [0.05, 0.1) is 38.5 Å². The van der Waals surface area contributed by atoms with Crippen LogP contribution in [0.5, 0.6) is 5.75 Å². The van der Waals surface area contributed by atoms with E-state index in [1.165, 1.54) is 12.0 Å². The van der Waals surface area contributed by atoms with Crippen LogP contribution in [0.2, 0.25) is 0 Å². The molecule has 1 aromatic heterocycles. The zero-order valence-electron chi connectivity index (χ0n) is 16.3. The van der Waals surface area contributed by atoms with Gasteiger partial charge >= 0.3 is 5.97 Å². The summed E-state index contributed by atoms with van der Waals surface area (Å²) >= 11 is 0. The number of esters is 1. The van der Waals surface area contributed by atoms with Crippen molar-refractivity contribution in [2.75, 3.05) is 32.6 Å². The number of aromatic nitrogens is 1. The highest BCUT2D eigenvalue weighted by atomic mass is 16.5. The molecule has 1 amide bonds. The zero-order chi connectivity index (χ0) is 19.6. The molecule has 146 valence electrons. The van der Waals surface area contributed by atoms with Gasteiger partial charge in [-0.25, -0.2) is 4.79 Å². The number of fused-ring (bicyclic) bond motifs is 1. The fourth-order valence-corrected chi connectivity index (χ4v) is 3.67. The van der Waals surface area contributed by atoms with Crippen molar-refractivity contribution < 1.29 is 24.0 Å². The van der Waals surface area contributed by atoms with Gasteiger partial charge in [-0.2, -0.15) is 0 Å². The molecular formula is C20H28N3O4+. The molecule has 7 nitrogen and oxygen atoms in total. The molecule has 0 spiro atoms. The lowest BCUT2D eigenvalue weighted by atomic mass is 9.98. The molecule has 1 aliphatic heterocycles. The van der Waals surface area contributed by atoms with Gasteiger partial charge in [0, 0.05) is 11.5 Å². The van der Waals surface area contributed by atoms with Crippen molar-refractivity contribution in [3.8, 4) is 5.75 Å². The number of anilines is 1. The fourth-order valence-electron chi connectivity index (χ4n) is 3.67. The van der Waals surface area contributed by atoms with E-state index in [0.717, 1.165) is 37.2 Å². The number of carbonyl (C=O) groups is 2. The second-order valence-corrected chi connectivity index (χ2v) is 7.33. The highest BCUT2D eigenvalue weighted by Crippen LogP contribution is 2.31. The van der Waals surface area contributed by atoms with Gasteiger partial charge < -0.3 is 24.7 Å². The number of methoxy groups -OCH3 is 2. The zero-order valence-corrected chi connectivity index (χ0v) is 16.3. The number of amides is 1. The molecule has 0 radical (unpaired) electrons. The van der Waals surface area contributed by atoms with E-state index >= 15 is 0 Å². The molecule has 27 heavy (non-hydrogen) atoms. The SMILES string of the molecule is COC(=O)c1[nH]c2cc(OC)ccc2c1NC(=O)[C@H](C)[NH+]1CCC(C)CC1. The molecule has 2 aromatic rings. The normalized spacial score (nSPS) is 20.9. The van der Waals surface area contributed by atoms with Crippen LogP contribution < -0.4 is 15.0 Å². The third-order valence-electron chi connectivity index (χ3n) is 5.57. The van der Waals surface area contributed by atoms with Crippen molar-refractivity contribution >= 4 is 28.5 Å². The number of ether oxygens (including phenoxy) is 2. The van der Waals surface area contributed by atoms with Crippen LogP contribution in [0, 0.1) is 5.92 Å². The molecule has 0 bridgehead atoms. The molecule has 1 aromatic carbocycles. The third kappa shape index (κ3) is 3.93. The molecule has 3 N–H and O–H groups in total. The van der Waals surface area contributed by atoms with Crippen LogP contribution in [0.25, 0.3) is 10.9 Å². The molecule has 0 saturated carbocycles. The van der Waals surface area contributed by atoms with Crippen molar-refractivity contribution in [2.24, 2.45) is 5.92 Å². The molecule has 1 aliphatic rings. The van der Waals surface area contributed by atoms with E-state index < -0.39 is 5.97 Å². The van der Waals surface area contributed by atoms with E-state index in [2.05, 4.69) is 17.2 Å². The first kappa shape index (κ1) is 19.2. The Hall–Kier alpha value is -2.54. The Morgan fingerprint density at radius 2 is 1.96 bits per heavy atom. The van der Waals surface area contributed by atoms with Crippen LogP contribution in [0.15, 0.2) is 18.2 Å². The summed E-state index contributed by atoms with van der Waals surface area (Å²) in [6, 6.07) is 5.23. The monoisotopic (exact) mass is 374 g/mol. The standard InChI is InChI=1S/C20H27N3O4/c1-12-7-9-23(10-8-12)13(2)19(24)22-17-15-6-5-14(26-3)11-16(15)21-18(17)20(25)27-4/h5-6,11-13,21H,7-10H2,1-4H3,(H,22,24)/p+1/t13-/m0/s1. The van der Waals surface area contributed by atoms with Gasteiger partial charge in [0.2, 0.25) is 0 Å². The number of benzene rings is 1. The predicted octanol–water partition coefficient (Wildman–Crippen LogP) is 1.60. The second-order valence-electron chi connectivity index (χ2n) is 7.33. The minimum atomic E-state index is -0.521. The van der Waals surface area contributed by atoms with Crippen molar-refractivity contribution in [3.63, 3.8) is 0 Å². The Labute approximate surface area is 159 Å². The molecule has 1 atom stereocenters. The molecule has 0 aliphatic carbocycles. The van der Waals surface area contributed by atoms with Crippen LogP contribution in [0.3, 0.4) is 0 Å². The summed E-state index contributed by atoms with van der Waals surface area (Å²) in [5.74, 6) is 0.769. The van der Waals surface area contributed by atoms with Crippen LogP contribution in [-0.4, -0.2) is 50.2 Å². The Bertz CT molecular complexity index is 837. The maximum Gasteiger partial charge on any atom is 0.356 e. The highest BCUT2D eigenvalue weighted by Gasteiger charge is 2.30. The van der Waals surface area contributed by atoms with Gasteiger partial charge in [0.1, 0.15) is 11.4 Å². The van der Waals surface area contributed by atoms with E-state index in [4.69, 9.17) is 9.47 Å². The lowest BCUT2D eigenvalue weighted by molar-refractivity contribution is -0.919. The summed E-state index contributed by atoms with van der Waals surface area (Å²) in [6.07, 6.45) is 2.26. The molecule has 0 unspecified atom stereocenters. The van der Waals surface area contributed by atoms with Crippen LogP contribution in [0.1, 0.15) is 37.2 Å². The van der Waals surface area contributed by atoms with Gasteiger partial charge in [-0.1, -0.05) is 6.92 Å². The number of carbonyl (C=O) groups excluding carboxylic acids is 2. The number of rotatable bonds is 5. The van der Waals surface area contributed by atoms with E-state index in [-0.39, 0.29) is 17.6 Å². The molecule has 2 heterocycles. The quantitative estimate of drug-likeness (QED) is 0.694. The van der Waals surface area contributed by atoms with Crippen LogP contribution in [-0.2, 0) is 9.53 Å². The molecule has 3 rings (SSSR count). The molecular weight excluding hydrogens is 346 g/mol. The summed E-state index contributed by atoms with van der Waals surface area (Å²) in [5.41, 5.74) is 1.40. The number of quaternary nitrogens is 1. The fraction of sp³-hybridized carbons (Fsp3) is 0.500. The Balaban J connectivity index is 1.88. The van der Waals surface area contributed by atoms with Gasteiger partial charge in [-0.05, 0) is 37.8 Å². The number of aromatic amines is 1. The highest BCUT2D eigenvalue weighted by molar-refractivity contribution is 6.11. The first-order valence-electron chi connectivity index (χ1n) is 9.38. The number of hydrogen-bond donors (Lipinski definition) is 3. The number of piperidine rings is 1. The number of H-pyrrole nitrogens is 1. The van der Waals surface area contributed by atoms with Gasteiger partial charge in [-0.15, -0.1) is 0 Å². The Kier molecular flexibility index (Phi) is 5.70. The van der Waals surface area contributed by atoms with E-state index in [9.17, 15) is 9.59 Å². The van der Waals surface area contributed by atoms with Gasteiger partial charge in [0.25, 0.3) is 5.91 Å². The molecule has 7 heteroatoms. The first-order chi connectivity index (χ1) is 12.9. The third-order valence-corrected chi connectivity index (χ3v) is 5.57. The topological polar surface area (TPSA) is 84.9 Å². The van der Waals surface area contributed by atoms with Crippen molar-refractivity contribution in [3.05, 3.63) is 23.9 Å². The minimum Gasteiger partial charge on any atom is -0.497 e. The maximum atomic E-state index is 12.9. The van der Waals surface area contributed by atoms with E-state index in [1.807, 2.05) is 13.0 Å². The summed E-state index contributed by atoms with van der Waals surface area (Å²) in [4.78, 5) is 29.4. The average Bonchev–Trinajstić information content (AvgIpc) is 3.04. The lowest BCUT2D eigenvalue weighted by Gasteiger charge is -2.31. The van der Waals surface area contributed by atoms with Crippen LogP contribution in [0.4, 0.5) is 5.69 Å². The Morgan fingerprint density at radius 1 is 1.26 bits per heavy atom. The summed E-state index contributed by atoms with van der Waals surface area (Å²) in [5, 5.41) is 3.71. The first-order valence-corrected chi connectivity index (χ1v) is 9.38. The van der Waals surface area contributed by atoms with Crippen molar-refractivity contribution in [1.82, 2.24) is 4.98 Å². The van der Waals surface area contributed by atoms with Crippen molar-refractivity contribution in [2.45, 2.75) is 32.7 Å². The Morgan fingerprint density at radius 3 is 2.59 bits per heavy atom. The summed E-state index contributed by atoms with van der Waals surface area (Å²) in [7, 11) is 2.90. The smallest absolute Gasteiger partial charge is 0.356 e. The predicted molar refractivity (Wildman–Crippen MR) is 103 cm³/mol. The van der Waals surface area contributed by atoms with Gasteiger partial charge in [-0.3, -0.25) is 4.79 Å². The maximum absolute atomic E-state index is 12.9. The van der Waals surface area contributed by atoms with Crippen molar-refractivity contribution in [1.29, 1.82) is 0 Å². The van der Waals surface area contributed by atoms with E-state index in [1.54, 1.807) is 19.2 Å². The molecule has 1 saturated heterocycles. The second kappa shape index (κ2) is 8.00. The largest absolute Gasteiger partial charge is 0.497 e. The summed E-state index contributed by atoms with van der Waals surface area (Å²) < 4.78 is 10.1. The lowest BCUT2D eigenvalue weighted by Crippen LogP contribution is -3.17. The molecule has 1 fully saturated rings. The number of hydrogen-bond acceptors (Lipinski definition) is 4. The number of likely N-dealkylation sites (tertiary alicyclic amines) is 1. The van der Waals surface area contributed by atoms with Gasteiger partial charge in [0.15, 0.2) is 6.04 Å². The number of nitrogens with one attached hydrogen (secondary N) is 3.